The summed E-state index contributed by atoms with van der Waals surface area (Å²) < 4.78 is 4.90. The van der Waals surface area contributed by atoms with Gasteiger partial charge in [0.15, 0.2) is 0 Å². The Morgan fingerprint density at radius 1 is 1.50 bits per heavy atom. The molecule has 0 atom stereocenters. The van der Waals surface area contributed by atoms with Crippen LogP contribution in [0.3, 0.4) is 0 Å². The molecule has 0 spiro atoms. The van der Waals surface area contributed by atoms with Crippen LogP contribution in [-0.2, 0) is 14.3 Å². The molecule has 0 radical (unpaired) electrons. The highest BCUT2D eigenvalue weighted by molar-refractivity contribution is 5.87. The minimum absolute atomic E-state index is 0.00745. The van der Waals surface area contributed by atoms with Gasteiger partial charge in [0.05, 0.1) is 6.54 Å². The summed E-state index contributed by atoms with van der Waals surface area (Å²) >= 11 is 0. The molecule has 1 N–H and O–H groups in total. The molecule has 1 saturated heterocycles. The third-order valence-electron chi connectivity index (χ3n) is 2.17. The lowest BCUT2D eigenvalue weighted by Crippen LogP contribution is -2.36. The van der Waals surface area contributed by atoms with Crippen molar-refractivity contribution >= 4 is 11.8 Å². The number of nitrogens with zero attached hydrogens (tertiary/aromatic N) is 1. The quantitative estimate of drug-likeness (QED) is 0.615. The van der Waals surface area contributed by atoms with Crippen LogP contribution in [0.4, 0.5) is 0 Å². The predicted octanol–water partition coefficient (Wildman–Crippen LogP) is -0.629. The molecule has 0 aromatic carbocycles. The van der Waals surface area contributed by atoms with Crippen molar-refractivity contribution in [1.29, 1.82) is 0 Å². The van der Waals surface area contributed by atoms with Gasteiger partial charge in [-0.1, -0.05) is 0 Å². The fourth-order valence-corrected chi connectivity index (χ4v) is 1.37. The zero-order chi connectivity index (χ0) is 10.4. The lowest BCUT2D eigenvalue weighted by atomic mass is 10.3. The van der Waals surface area contributed by atoms with Crippen LogP contribution in [0.15, 0.2) is 0 Å². The maximum atomic E-state index is 11.4. The first-order chi connectivity index (χ1) is 6.74. The number of hydrogen-bond donors (Lipinski definition) is 1. The molecule has 2 amide bonds. The van der Waals surface area contributed by atoms with Crippen LogP contribution >= 0.6 is 0 Å². The highest BCUT2D eigenvalue weighted by atomic mass is 16.5. The van der Waals surface area contributed by atoms with E-state index in [1.54, 1.807) is 12.0 Å². The average molecular weight is 200 g/mol. The van der Waals surface area contributed by atoms with Gasteiger partial charge in [-0.05, 0) is 6.42 Å². The summed E-state index contributed by atoms with van der Waals surface area (Å²) in [5, 5.41) is 2.55. The summed E-state index contributed by atoms with van der Waals surface area (Å²) in [6.45, 7) is 1.97. The number of hydrogen-bond acceptors (Lipinski definition) is 3. The van der Waals surface area contributed by atoms with E-state index in [1.165, 1.54) is 0 Å². The number of ether oxygens (including phenoxy) is 1. The van der Waals surface area contributed by atoms with Gasteiger partial charge in [-0.2, -0.15) is 0 Å². The number of methoxy groups -OCH3 is 1. The first kappa shape index (κ1) is 11.0. The number of carbonyl (C=O) groups excluding carboxylic acids is 2. The first-order valence-electron chi connectivity index (χ1n) is 4.77. The average Bonchev–Trinajstić information content (AvgIpc) is 2.33. The van der Waals surface area contributed by atoms with Crippen LogP contribution in [0, 0.1) is 0 Å². The number of amides is 2. The van der Waals surface area contributed by atoms with Crippen molar-refractivity contribution in [3.63, 3.8) is 0 Å². The van der Waals surface area contributed by atoms with E-state index < -0.39 is 0 Å². The smallest absolute Gasteiger partial charge is 0.241 e. The molecule has 0 bridgehead atoms. The molecular weight excluding hydrogens is 184 g/mol. The molecule has 1 aliphatic rings. The molecule has 1 aliphatic heterocycles. The summed E-state index contributed by atoms with van der Waals surface area (Å²) in [6.07, 6.45) is 1.22. The molecule has 1 fully saturated rings. The van der Waals surface area contributed by atoms with Gasteiger partial charge in [0.25, 0.3) is 0 Å². The summed E-state index contributed by atoms with van der Waals surface area (Å²) in [4.78, 5) is 24.1. The molecule has 0 aromatic heterocycles. The molecule has 5 nitrogen and oxygen atoms in total. The highest BCUT2D eigenvalue weighted by Gasteiger charge is 2.18. The molecular formula is C9H16N2O3. The van der Waals surface area contributed by atoms with Gasteiger partial charge in [-0.25, -0.2) is 0 Å². The van der Waals surface area contributed by atoms with E-state index in [9.17, 15) is 9.59 Å². The first-order valence-corrected chi connectivity index (χ1v) is 4.77. The summed E-state index contributed by atoms with van der Waals surface area (Å²) in [7, 11) is 1.63. The fraction of sp³-hybridized carbons (Fsp3) is 0.778. The molecule has 1 rings (SSSR count). The minimum Gasteiger partial charge on any atom is -0.385 e. The van der Waals surface area contributed by atoms with Gasteiger partial charge in [-0.15, -0.1) is 0 Å². The van der Waals surface area contributed by atoms with E-state index in [0.717, 1.165) is 6.42 Å². The Labute approximate surface area is 83.4 Å². The van der Waals surface area contributed by atoms with Crippen LogP contribution in [0.5, 0.6) is 0 Å². The van der Waals surface area contributed by atoms with Gasteiger partial charge < -0.3 is 15.0 Å². The lowest BCUT2D eigenvalue weighted by Gasteiger charge is -2.19. The van der Waals surface area contributed by atoms with Crippen molar-refractivity contribution in [3.8, 4) is 0 Å². The zero-order valence-electron chi connectivity index (χ0n) is 8.41. The van der Waals surface area contributed by atoms with Gasteiger partial charge in [0, 0.05) is 33.2 Å². The zero-order valence-corrected chi connectivity index (χ0v) is 8.41. The van der Waals surface area contributed by atoms with E-state index in [0.29, 0.717) is 26.1 Å². The van der Waals surface area contributed by atoms with Crippen LogP contribution in [0.2, 0.25) is 0 Å². The van der Waals surface area contributed by atoms with Crippen molar-refractivity contribution in [2.24, 2.45) is 0 Å². The van der Waals surface area contributed by atoms with Crippen molar-refractivity contribution in [2.45, 2.75) is 12.8 Å². The Bertz CT molecular complexity index is 218. The highest BCUT2D eigenvalue weighted by Crippen LogP contribution is 1.99. The predicted molar refractivity (Wildman–Crippen MR) is 50.7 cm³/mol. The van der Waals surface area contributed by atoms with Gasteiger partial charge >= 0.3 is 0 Å². The van der Waals surface area contributed by atoms with Crippen molar-refractivity contribution in [3.05, 3.63) is 0 Å². The Morgan fingerprint density at radius 2 is 2.29 bits per heavy atom. The lowest BCUT2D eigenvalue weighted by molar-refractivity contribution is -0.130. The molecule has 0 unspecified atom stereocenters. The molecule has 1 heterocycles. The number of carbonyl (C=O) groups is 2. The number of rotatable bonds is 4. The Kier molecular flexibility index (Phi) is 4.39. The Morgan fingerprint density at radius 3 is 3.00 bits per heavy atom. The van der Waals surface area contributed by atoms with Crippen molar-refractivity contribution in [2.75, 3.05) is 33.4 Å². The van der Waals surface area contributed by atoms with E-state index in [2.05, 4.69) is 5.32 Å². The van der Waals surface area contributed by atoms with Crippen molar-refractivity contribution in [1.82, 2.24) is 10.2 Å². The minimum atomic E-state index is -0.0485. The summed E-state index contributed by atoms with van der Waals surface area (Å²) in [6, 6.07) is 0. The second kappa shape index (κ2) is 5.59. The fourth-order valence-electron chi connectivity index (χ4n) is 1.37. The molecule has 0 aromatic rings. The van der Waals surface area contributed by atoms with Crippen LogP contribution in [0.1, 0.15) is 12.8 Å². The number of nitrogens with one attached hydrogen (secondary N) is 1. The van der Waals surface area contributed by atoms with Crippen LogP contribution in [-0.4, -0.2) is 50.1 Å². The molecule has 14 heavy (non-hydrogen) atoms. The van der Waals surface area contributed by atoms with Gasteiger partial charge in [-0.3, -0.25) is 9.59 Å². The van der Waals surface area contributed by atoms with Gasteiger partial charge in [0.2, 0.25) is 11.8 Å². The van der Waals surface area contributed by atoms with E-state index >= 15 is 0 Å². The van der Waals surface area contributed by atoms with Crippen LogP contribution < -0.4 is 5.32 Å². The van der Waals surface area contributed by atoms with E-state index in [1.807, 2.05) is 0 Å². The molecule has 80 valence electrons. The Balaban J connectivity index is 2.34. The normalized spacial score (nSPS) is 17.9. The largest absolute Gasteiger partial charge is 0.385 e. The van der Waals surface area contributed by atoms with E-state index in [4.69, 9.17) is 4.74 Å². The standard InChI is InChI=1S/C9H16N2O3/c1-14-6-2-4-11-5-3-8(12)10-7-9(11)13/h2-7H2,1H3,(H,10,12). The van der Waals surface area contributed by atoms with E-state index in [-0.39, 0.29) is 18.4 Å². The SMILES string of the molecule is COCCCN1CCC(=O)NCC1=O. The third-order valence-corrected chi connectivity index (χ3v) is 2.17. The van der Waals surface area contributed by atoms with Gasteiger partial charge in [0.1, 0.15) is 0 Å². The molecule has 0 saturated carbocycles. The second-order valence-corrected chi connectivity index (χ2v) is 3.25. The third kappa shape index (κ3) is 3.33. The summed E-state index contributed by atoms with van der Waals surface area (Å²) in [5.41, 5.74) is 0. The second-order valence-electron chi connectivity index (χ2n) is 3.25. The monoisotopic (exact) mass is 200 g/mol. The molecule has 5 heteroatoms. The molecule has 0 aliphatic carbocycles. The maximum absolute atomic E-state index is 11.4. The maximum Gasteiger partial charge on any atom is 0.241 e. The Hall–Kier alpha value is -1.10. The topological polar surface area (TPSA) is 58.6 Å². The van der Waals surface area contributed by atoms with Crippen LogP contribution in [0.25, 0.3) is 0 Å². The summed E-state index contributed by atoms with van der Waals surface area (Å²) in [5.74, 6) is -0.0560. The van der Waals surface area contributed by atoms with Crippen molar-refractivity contribution < 1.29 is 14.3 Å².